The molecule has 0 atom stereocenters. The molecule has 0 bridgehead atoms. The second kappa shape index (κ2) is 2.64. The molecule has 0 rings (SSSR count). The lowest BCUT2D eigenvalue weighted by molar-refractivity contribution is -0.114. The lowest BCUT2D eigenvalue weighted by atomic mass is 10.3. The van der Waals surface area contributed by atoms with Crippen LogP contribution in [-0.4, -0.2) is 5.91 Å². The topological polar surface area (TPSA) is 43.1 Å². The van der Waals surface area contributed by atoms with E-state index >= 15 is 0 Å². The summed E-state index contributed by atoms with van der Waals surface area (Å²) < 4.78 is 0. The lowest BCUT2D eigenvalue weighted by Gasteiger charge is -1.84. The number of primary amides is 1. The predicted molar refractivity (Wildman–Crippen MR) is 28.8 cm³/mol. The van der Waals surface area contributed by atoms with E-state index in [0.717, 1.165) is 5.54 Å². The third-order valence-corrected chi connectivity index (χ3v) is 0.880. The van der Waals surface area contributed by atoms with E-state index in [1.165, 1.54) is 0 Å². The molecule has 3 heteroatoms. The largest absolute Gasteiger partial charge is 0.366 e. The Morgan fingerprint density at radius 1 is 1.86 bits per heavy atom. The fourth-order valence-corrected chi connectivity index (χ4v) is 0.161. The molecule has 0 fully saturated rings. The van der Waals surface area contributed by atoms with Gasteiger partial charge in [0, 0.05) is 11.1 Å². The number of carbonyl (C=O) groups excluding carboxylic acids is 1. The van der Waals surface area contributed by atoms with Crippen LogP contribution >= 0.6 is 11.6 Å². The van der Waals surface area contributed by atoms with E-state index in [2.05, 4.69) is 0 Å². The van der Waals surface area contributed by atoms with Crippen LogP contribution in [0, 0.1) is 0 Å². The maximum Gasteiger partial charge on any atom is 0.245 e. The van der Waals surface area contributed by atoms with Gasteiger partial charge in [-0.2, -0.15) is 0 Å². The maximum atomic E-state index is 10.00. The molecular formula is C4H6ClNO. The Balaban J connectivity index is 3.82. The predicted octanol–water partition coefficient (Wildman–Crippen LogP) is 0.614. The van der Waals surface area contributed by atoms with E-state index in [-0.39, 0.29) is 0 Å². The van der Waals surface area contributed by atoms with E-state index in [4.69, 9.17) is 17.3 Å². The van der Waals surface area contributed by atoms with Crippen molar-refractivity contribution < 1.29 is 4.79 Å². The Kier molecular flexibility index (Phi) is 2.45. The summed E-state index contributed by atoms with van der Waals surface area (Å²) in [6.45, 7) is 1.55. The van der Waals surface area contributed by atoms with E-state index < -0.39 is 5.91 Å². The normalized spacial score (nSPS) is 11.4. The molecule has 0 heterocycles. The van der Waals surface area contributed by atoms with Crippen LogP contribution in [0.1, 0.15) is 6.92 Å². The van der Waals surface area contributed by atoms with Gasteiger partial charge < -0.3 is 5.73 Å². The summed E-state index contributed by atoms with van der Waals surface area (Å²) >= 11 is 5.08. The van der Waals surface area contributed by atoms with Gasteiger partial charge >= 0.3 is 0 Å². The molecular weight excluding hydrogens is 114 g/mol. The van der Waals surface area contributed by atoms with E-state index in [1.54, 1.807) is 6.92 Å². The van der Waals surface area contributed by atoms with E-state index in [1.807, 2.05) is 0 Å². The van der Waals surface area contributed by atoms with Crippen molar-refractivity contribution in [3.8, 4) is 0 Å². The van der Waals surface area contributed by atoms with Crippen LogP contribution < -0.4 is 5.73 Å². The number of rotatable bonds is 1. The van der Waals surface area contributed by atoms with Crippen molar-refractivity contribution >= 4 is 17.5 Å². The molecule has 1 amide bonds. The zero-order valence-corrected chi connectivity index (χ0v) is 4.70. The van der Waals surface area contributed by atoms with Crippen LogP contribution in [0.5, 0.6) is 0 Å². The minimum Gasteiger partial charge on any atom is -0.366 e. The quantitative estimate of drug-likeness (QED) is 0.505. The Morgan fingerprint density at radius 2 is 2.29 bits per heavy atom. The molecule has 0 saturated carbocycles. The highest BCUT2D eigenvalue weighted by Crippen LogP contribution is 1.90. The summed E-state index contributed by atoms with van der Waals surface area (Å²) in [7, 11) is 0. The molecule has 0 aliphatic rings. The Morgan fingerprint density at radius 3 is 2.29 bits per heavy atom. The summed E-state index contributed by atoms with van der Waals surface area (Å²) in [4.78, 5) is 10.00. The Labute approximate surface area is 46.9 Å². The standard InChI is InChI=1S/C4H6ClNO/c1-3(2-5)4(6)7/h2H,1H3,(H2,6,7)/b3-2-. The van der Waals surface area contributed by atoms with Gasteiger partial charge in [0.05, 0.1) is 0 Å². The molecule has 0 radical (unpaired) electrons. The fraction of sp³-hybridized carbons (Fsp3) is 0.250. The second-order valence-corrected chi connectivity index (χ2v) is 1.37. The summed E-state index contributed by atoms with van der Waals surface area (Å²) in [6.07, 6.45) is 0. The molecule has 0 aromatic rings. The van der Waals surface area contributed by atoms with Gasteiger partial charge in [-0.25, -0.2) is 0 Å². The van der Waals surface area contributed by atoms with Gasteiger partial charge in [0.25, 0.3) is 0 Å². The first-order valence-electron chi connectivity index (χ1n) is 1.75. The van der Waals surface area contributed by atoms with Gasteiger partial charge in [0.1, 0.15) is 0 Å². The fourth-order valence-electron chi connectivity index (χ4n) is 0.0538. The lowest BCUT2D eigenvalue weighted by Crippen LogP contribution is -2.10. The van der Waals surface area contributed by atoms with Gasteiger partial charge in [-0.05, 0) is 6.92 Å². The first kappa shape index (κ1) is 6.50. The zero-order valence-electron chi connectivity index (χ0n) is 3.94. The number of nitrogens with two attached hydrogens (primary N) is 1. The molecule has 2 nitrogen and oxygen atoms in total. The molecule has 40 valence electrons. The average Bonchev–Trinajstić information content (AvgIpc) is 1.65. The van der Waals surface area contributed by atoms with Crippen LogP contribution in [0.4, 0.5) is 0 Å². The number of halogens is 1. The molecule has 0 saturated heterocycles. The molecule has 0 aromatic heterocycles. The van der Waals surface area contributed by atoms with E-state index in [0.29, 0.717) is 5.57 Å². The highest BCUT2D eigenvalue weighted by atomic mass is 35.5. The highest BCUT2D eigenvalue weighted by Gasteiger charge is 1.91. The van der Waals surface area contributed by atoms with Crippen molar-refractivity contribution in [2.75, 3.05) is 0 Å². The first-order valence-corrected chi connectivity index (χ1v) is 2.19. The first-order chi connectivity index (χ1) is 3.18. The van der Waals surface area contributed by atoms with Crippen LogP contribution in [0.3, 0.4) is 0 Å². The van der Waals surface area contributed by atoms with Crippen LogP contribution in [0.25, 0.3) is 0 Å². The summed E-state index contributed by atoms with van der Waals surface area (Å²) in [5.41, 5.74) is 6.29. The minimum atomic E-state index is -0.477. The van der Waals surface area contributed by atoms with Gasteiger partial charge in [0.15, 0.2) is 0 Å². The molecule has 0 aliphatic heterocycles. The number of hydrogen-bond acceptors (Lipinski definition) is 1. The van der Waals surface area contributed by atoms with Crippen molar-refractivity contribution in [1.29, 1.82) is 0 Å². The summed E-state index contributed by atoms with van der Waals surface area (Å²) in [6, 6.07) is 0. The second-order valence-electron chi connectivity index (χ2n) is 1.16. The van der Waals surface area contributed by atoms with Crippen LogP contribution in [0.2, 0.25) is 0 Å². The molecule has 0 spiro atoms. The number of hydrogen-bond donors (Lipinski definition) is 1. The third kappa shape index (κ3) is 2.23. The van der Waals surface area contributed by atoms with Crippen LogP contribution in [-0.2, 0) is 4.79 Å². The van der Waals surface area contributed by atoms with Crippen molar-refractivity contribution in [1.82, 2.24) is 0 Å². The van der Waals surface area contributed by atoms with Gasteiger partial charge in [-0.3, -0.25) is 4.79 Å². The summed E-state index contributed by atoms with van der Waals surface area (Å²) in [5, 5.41) is 0. The summed E-state index contributed by atoms with van der Waals surface area (Å²) in [5.74, 6) is -0.477. The van der Waals surface area contributed by atoms with Crippen molar-refractivity contribution in [2.24, 2.45) is 5.73 Å². The third-order valence-electron chi connectivity index (χ3n) is 0.552. The molecule has 0 aromatic carbocycles. The van der Waals surface area contributed by atoms with Crippen molar-refractivity contribution in [3.63, 3.8) is 0 Å². The van der Waals surface area contributed by atoms with Crippen molar-refractivity contribution in [2.45, 2.75) is 6.92 Å². The van der Waals surface area contributed by atoms with Crippen LogP contribution in [0.15, 0.2) is 11.1 Å². The minimum absolute atomic E-state index is 0.377. The van der Waals surface area contributed by atoms with Gasteiger partial charge in [0.2, 0.25) is 5.91 Å². The highest BCUT2D eigenvalue weighted by molar-refractivity contribution is 6.27. The number of amides is 1. The molecule has 0 aliphatic carbocycles. The van der Waals surface area contributed by atoms with Crippen molar-refractivity contribution in [3.05, 3.63) is 11.1 Å². The zero-order chi connectivity index (χ0) is 5.86. The number of carbonyl (C=O) groups is 1. The maximum absolute atomic E-state index is 10.00. The Hall–Kier alpha value is -0.500. The Bertz CT molecular complexity index is 108. The van der Waals surface area contributed by atoms with Gasteiger partial charge in [-0.1, -0.05) is 11.6 Å². The monoisotopic (exact) mass is 119 g/mol. The average molecular weight is 120 g/mol. The van der Waals surface area contributed by atoms with E-state index in [9.17, 15) is 4.79 Å². The molecule has 0 unspecified atom stereocenters. The molecule has 7 heavy (non-hydrogen) atoms. The SMILES string of the molecule is C/C(=C/Cl)C(N)=O. The van der Waals surface area contributed by atoms with Gasteiger partial charge in [-0.15, -0.1) is 0 Å². The molecule has 2 N–H and O–H groups in total. The smallest absolute Gasteiger partial charge is 0.245 e.